The Morgan fingerprint density at radius 3 is 2.55 bits per heavy atom. The van der Waals surface area contributed by atoms with Crippen molar-refractivity contribution >= 4 is 11.8 Å². The molecule has 4 heteroatoms. The summed E-state index contributed by atoms with van der Waals surface area (Å²) >= 11 is 1.48. The molecule has 110 valence electrons. The number of aryl methyl sites for hydroxylation is 1. The molecule has 0 aliphatic rings. The Morgan fingerprint density at radius 1 is 1.05 bits per heavy atom. The number of rotatable bonds is 4. The number of hydrogen-bond donors (Lipinski definition) is 0. The Kier molecular flexibility index (Phi) is 4.39. The van der Waals surface area contributed by atoms with Crippen LogP contribution in [0.25, 0.3) is 5.69 Å². The molecule has 0 unspecified atom stereocenters. The van der Waals surface area contributed by atoms with Gasteiger partial charge >= 0.3 is 0 Å². The lowest BCUT2D eigenvalue weighted by molar-refractivity contribution is 0.882. The van der Waals surface area contributed by atoms with Gasteiger partial charge in [-0.2, -0.15) is 0 Å². The molecule has 2 aromatic carbocycles. The van der Waals surface area contributed by atoms with Crippen molar-refractivity contribution in [3.63, 3.8) is 0 Å². The molecule has 3 aromatic rings. The number of benzene rings is 2. The van der Waals surface area contributed by atoms with Crippen molar-refractivity contribution in [2.45, 2.75) is 17.7 Å². The molecule has 0 saturated heterocycles. The molecule has 0 amide bonds. The summed E-state index contributed by atoms with van der Waals surface area (Å²) in [6.45, 7) is 2.08. The van der Waals surface area contributed by atoms with E-state index < -0.39 is 0 Å². The van der Waals surface area contributed by atoms with Crippen molar-refractivity contribution in [2.24, 2.45) is 0 Å². The highest BCUT2D eigenvalue weighted by molar-refractivity contribution is 7.98. The molecule has 0 radical (unpaired) electrons. The third-order valence-corrected chi connectivity index (χ3v) is 4.48. The number of nitrogens with zero attached hydrogens (tertiary/aromatic N) is 2. The summed E-state index contributed by atoms with van der Waals surface area (Å²) in [5, 5.41) is 0.523. The molecule has 0 saturated carbocycles. The molecular weight excluding hydrogens is 292 g/mol. The largest absolute Gasteiger partial charge is 0.287 e. The summed E-state index contributed by atoms with van der Waals surface area (Å²) in [6.07, 6.45) is 3.38. The predicted molar refractivity (Wildman–Crippen MR) is 90.6 cm³/mol. The van der Waals surface area contributed by atoms with E-state index in [9.17, 15) is 4.79 Å². The Morgan fingerprint density at radius 2 is 1.77 bits per heavy atom. The Hall–Kier alpha value is -2.33. The average Bonchev–Trinajstić information content (AvgIpc) is 2.56. The number of thioether (sulfide) groups is 1. The van der Waals surface area contributed by atoms with E-state index >= 15 is 0 Å². The van der Waals surface area contributed by atoms with E-state index in [1.807, 2.05) is 42.5 Å². The molecule has 0 bridgehead atoms. The first-order valence-electron chi connectivity index (χ1n) is 7.06. The number of hydrogen-bond acceptors (Lipinski definition) is 3. The zero-order valence-corrected chi connectivity index (χ0v) is 13.1. The first-order chi connectivity index (χ1) is 10.8. The van der Waals surface area contributed by atoms with Crippen molar-refractivity contribution in [3.8, 4) is 5.69 Å². The van der Waals surface area contributed by atoms with Crippen LogP contribution in [0.15, 0.2) is 76.8 Å². The van der Waals surface area contributed by atoms with Gasteiger partial charge in [-0.25, -0.2) is 4.98 Å². The number of para-hydroxylation sites is 1. The van der Waals surface area contributed by atoms with Gasteiger partial charge in [0.05, 0.1) is 0 Å². The molecule has 0 atom stereocenters. The van der Waals surface area contributed by atoms with Crippen LogP contribution in [0.3, 0.4) is 0 Å². The summed E-state index contributed by atoms with van der Waals surface area (Å²) in [6, 6.07) is 17.8. The van der Waals surface area contributed by atoms with Gasteiger partial charge in [-0.3, -0.25) is 9.36 Å². The van der Waals surface area contributed by atoms with Gasteiger partial charge < -0.3 is 0 Å². The first kappa shape index (κ1) is 14.6. The van der Waals surface area contributed by atoms with Crippen LogP contribution in [-0.2, 0) is 5.75 Å². The minimum Gasteiger partial charge on any atom is -0.280 e. The monoisotopic (exact) mass is 308 g/mol. The molecule has 22 heavy (non-hydrogen) atoms. The van der Waals surface area contributed by atoms with Gasteiger partial charge in [-0.05, 0) is 30.2 Å². The van der Waals surface area contributed by atoms with Crippen molar-refractivity contribution in [2.75, 3.05) is 0 Å². The molecule has 0 aliphatic heterocycles. The van der Waals surface area contributed by atoms with Crippen LogP contribution in [-0.4, -0.2) is 9.55 Å². The molecule has 3 nitrogen and oxygen atoms in total. The van der Waals surface area contributed by atoms with Gasteiger partial charge in [0.25, 0.3) is 5.56 Å². The topological polar surface area (TPSA) is 34.9 Å². The zero-order valence-electron chi connectivity index (χ0n) is 12.3. The van der Waals surface area contributed by atoms with Crippen LogP contribution in [0, 0.1) is 6.92 Å². The van der Waals surface area contributed by atoms with E-state index in [-0.39, 0.29) is 5.56 Å². The lowest BCUT2D eigenvalue weighted by Crippen LogP contribution is -2.20. The Bertz CT molecular complexity index is 828. The lowest BCUT2D eigenvalue weighted by Gasteiger charge is -2.08. The standard InChI is InChI=1S/C18H16N2OS/c1-14-7-5-6-8-15(14)13-22-17-18(21)20(12-11-19-17)16-9-3-2-4-10-16/h2-12H,13H2,1H3. The van der Waals surface area contributed by atoms with Gasteiger partial charge in [0, 0.05) is 23.8 Å². The zero-order chi connectivity index (χ0) is 15.4. The lowest BCUT2D eigenvalue weighted by atomic mass is 10.1. The van der Waals surface area contributed by atoms with Crippen molar-refractivity contribution in [1.82, 2.24) is 9.55 Å². The van der Waals surface area contributed by atoms with E-state index in [1.54, 1.807) is 17.0 Å². The van der Waals surface area contributed by atoms with E-state index in [1.165, 1.54) is 22.9 Å². The predicted octanol–water partition coefficient (Wildman–Crippen LogP) is 3.83. The van der Waals surface area contributed by atoms with Gasteiger partial charge in [-0.1, -0.05) is 54.2 Å². The minimum absolute atomic E-state index is 0.0766. The van der Waals surface area contributed by atoms with Crippen LogP contribution < -0.4 is 5.56 Å². The quantitative estimate of drug-likeness (QED) is 0.687. The first-order valence-corrected chi connectivity index (χ1v) is 8.04. The van der Waals surface area contributed by atoms with Crippen LogP contribution >= 0.6 is 11.8 Å². The second-order valence-electron chi connectivity index (χ2n) is 4.96. The fourth-order valence-electron chi connectivity index (χ4n) is 2.20. The van der Waals surface area contributed by atoms with Gasteiger partial charge in [-0.15, -0.1) is 0 Å². The average molecular weight is 308 g/mol. The smallest absolute Gasteiger partial charge is 0.280 e. The van der Waals surface area contributed by atoms with E-state index in [0.717, 1.165) is 11.4 Å². The number of aromatic nitrogens is 2. The molecule has 0 fully saturated rings. The maximum atomic E-state index is 12.6. The Labute approximate surface area is 133 Å². The van der Waals surface area contributed by atoms with Crippen molar-refractivity contribution < 1.29 is 0 Å². The van der Waals surface area contributed by atoms with E-state index in [0.29, 0.717) is 5.03 Å². The van der Waals surface area contributed by atoms with E-state index in [2.05, 4.69) is 24.0 Å². The van der Waals surface area contributed by atoms with Gasteiger partial charge in [0.1, 0.15) is 0 Å². The summed E-state index contributed by atoms with van der Waals surface area (Å²) in [7, 11) is 0. The summed E-state index contributed by atoms with van der Waals surface area (Å²) < 4.78 is 1.63. The normalized spacial score (nSPS) is 10.6. The second kappa shape index (κ2) is 6.62. The third-order valence-electron chi connectivity index (χ3n) is 3.47. The molecule has 1 heterocycles. The summed E-state index contributed by atoms with van der Waals surface area (Å²) in [5.41, 5.74) is 3.23. The minimum atomic E-state index is -0.0766. The van der Waals surface area contributed by atoms with Gasteiger partial charge in [0.15, 0.2) is 5.03 Å². The highest BCUT2D eigenvalue weighted by Crippen LogP contribution is 2.20. The molecule has 3 rings (SSSR count). The maximum absolute atomic E-state index is 12.6. The SMILES string of the molecule is Cc1ccccc1CSc1nccn(-c2ccccc2)c1=O. The highest BCUT2D eigenvalue weighted by atomic mass is 32.2. The van der Waals surface area contributed by atoms with Crippen LogP contribution in [0.4, 0.5) is 0 Å². The third kappa shape index (κ3) is 3.12. The molecule has 0 N–H and O–H groups in total. The van der Waals surface area contributed by atoms with Crippen LogP contribution in [0.5, 0.6) is 0 Å². The molecular formula is C18H16N2OS. The summed E-state index contributed by atoms with van der Waals surface area (Å²) in [5.74, 6) is 0.744. The molecule has 0 spiro atoms. The highest BCUT2D eigenvalue weighted by Gasteiger charge is 2.08. The molecule has 0 aliphatic carbocycles. The van der Waals surface area contributed by atoms with Crippen molar-refractivity contribution in [1.29, 1.82) is 0 Å². The van der Waals surface area contributed by atoms with Crippen LogP contribution in [0.1, 0.15) is 11.1 Å². The maximum Gasteiger partial charge on any atom is 0.287 e. The summed E-state index contributed by atoms with van der Waals surface area (Å²) in [4.78, 5) is 16.8. The second-order valence-corrected chi connectivity index (χ2v) is 5.92. The van der Waals surface area contributed by atoms with Crippen LogP contribution in [0.2, 0.25) is 0 Å². The van der Waals surface area contributed by atoms with E-state index in [4.69, 9.17) is 0 Å². The Balaban J connectivity index is 1.87. The van der Waals surface area contributed by atoms with Crippen molar-refractivity contribution in [3.05, 3.63) is 88.5 Å². The molecule has 1 aromatic heterocycles. The fourth-order valence-corrected chi connectivity index (χ4v) is 3.18. The van der Waals surface area contributed by atoms with Gasteiger partial charge in [0.2, 0.25) is 0 Å². The fraction of sp³-hybridized carbons (Fsp3) is 0.111.